The highest BCUT2D eigenvalue weighted by molar-refractivity contribution is 5.94. The number of ether oxygens (including phenoxy) is 2. The van der Waals surface area contributed by atoms with E-state index in [4.69, 9.17) is 15.2 Å². The van der Waals surface area contributed by atoms with Crippen LogP contribution < -0.4 is 10.5 Å². The number of pyridine rings is 1. The molecule has 0 amide bonds. The number of nitrogens with zero attached hydrogens (tertiary/aromatic N) is 1. The summed E-state index contributed by atoms with van der Waals surface area (Å²) in [6.45, 7) is 1.29. The number of hydrogen-bond acceptors (Lipinski definition) is 4. The minimum absolute atomic E-state index is 0.0305. The maximum Gasteiger partial charge on any atom is 0.181 e. The summed E-state index contributed by atoms with van der Waals surface area (Å²) in [7, 11) is 0. The number of nitrogen functional groups attached to an aromatic ring is 1. The van der Waals surface area contributed by atoms with Gasteiger partial charge < -0.3 is 15.2 Å². The van der Waals surface area contributed by atoms with Gasteiger partial charge in [-0.1, -0.05) is 0 Å². The van der Waals surface area contributed by atoms with Crippen molar-refractivity contribution in [3.8, 4) is 5.75 Å². The van der Waals surface area contributed by atoms with Crippen LogP contribution in [0.1, 0.15) is 12.8 Å². The molecule has 19 heavy (non-hydrogen) atoms. The van der Waals surface area contributed by atoms with Gasteiger partial charge in [0.2, 0.25) is 0 Å². The molecule has 1 saturated heterocycles. The number of halogens is 1. The summed E-state index contributed by atoms with van der Waals surface area (Å²) in [4.78, 5) is 4.19. The summed E-state index contributed by atoms with van der Waals surface area (Å²) < 4.78 is 25.1. The van der Waals surface area contributed by atoms with Gasteiger partial charge in [-0.3, -0.25) is 4.98 Å². The molecule has 1 aromatic carbocycles. The minimum atomic E-state index is -0.463. The lowest BCUT2D eigenvalue weighted by Gasteiger charge is -2.24. The molecule has 1 fully saturated rings. The van der Waals surface area contributed by atoms with Gasteiger partial charge in [0, 0.05) is 36.2 Å². The maximum absolute atomic E-state index is 14.1. The first-order chi connectivity index (χ1) is 9.25. The smallest absolute Gasteiger partial charge is 0.181 e. The third-order valence-electron chi connectivity index (χ3n) is 3.29. The van der Waals surface area contributed by atoms with Crippen LogP contribution >= 0.6 is 0 Å². The molecule has 1 aromatic heterocycles. The van der Waals surface area contributed by atoms with Crippen molar-refractivity contribution < 1.29 is 13.9 Å². The van der Waals surface area contributed by atoms with Crippen LogP contribution in [0.4, 0.5) is 10.1 Å². The van der Waals surface area contributed by atoms with E-state index in [1.54, 1.807) is 12.3 Å². The molecule has 1 aliphatic rings. The van der Waals surface area contributed by atoms with Crippen molar-refractivity contribution in [2.45, 2.75) is 18.9 Å². The van der Waals surface area contributed by atoms with Gasteiger partial charge in [-0.25, -0.2) is 4.39 Å². The number of fused-ring (bicyclic) bond motifs is 1. The van der Waals surface area contributed by atoms with Gasteiger partial charge in [-0.05, 0) is 12.1 Å². The van der Waals surface area contributed by atoms with E-state index in [1.807, 2.05) is 6.07 Å². The third-order valence-corrected chi connectivity index (χ3v) is 3.29. The van der Waals surface area contributed by atoms with Gasteiger partial charge in [-0.2, -0.15) is 0 Å². The fourth-order valence-electron chi connectivity index (χ4n) is 2.28. The van der Waals surface area contributed by atoms with Crippen molar-refractivity contribution >= 4 is 16.6 Å². The van der Waals surface area contributed by atoms with Crippen LogP contribution in [-0.4, -0.2) is 24.3 Å². The zero-order valence-electron chi connectivity index (χ0n) is 10.4. The molecule has 0 bridgehead atoms. The molecule has 0 aliphatic carbocycles. The summed E-state index contributed by atoms with van der Waals surface area (Å²) in [6.07, 6.45) is 3.10. The molecule has 0 spiro atoms. The van der Waals surface area contributed by atoms with Crippen molar-refractivity contribution in [2.75, 3.05) is 18.9 Å². The average Bonchev–Trinajstić information content (AvgIpc) is 2.45. The Hall–Kier alpha value is -1.88. The molecule has 2 heterocycles. The lowest BCUT2D eigenvalue weighted by molar-refractivity contribution is 0.0246. The molecule has 2 N–H and O–H groups in total. The standard InChI is InChI=1S/C14H15FN2O2/c15-11-8-12(16)10-2-1-5-17-13(10)14(11)19-9-3-6-18-7-4-9/h1-2,5,8-9H,3-4,6-7,16H2. The summed E-state index contributed by atoms with van der Waals surface area (Å²) in [5.74, 6) is -0.271. The normalized spacial score (nSPS) is 16.7. The molecular weight excluding hydrogens is 247 g/mol. The predicted octanol–water partition coefficient (Wildman–Crippen LogP) is 2.51. The quantitative estimate of drug-likeness (QED) is 0.845. The molecule has 0 unspecified atom stereocenters. The van der Waals surface area contributed by atoms with E-state index >= 15 is 0 Å². The first kappa shape index (κ1) is 12.2. The Labute approximate surface area is 110 Å². The van der Waals surface area contributed by atoms with E-state index in [9.17, 15) is 4.39 Å². The van der Waals surface area contributed by atoms with Crippen molar-refractivity contribution in [3.63, 3.8) is 0 Å². The highest BCUT2D eigenvalue weighted by Gasteiger charge is 2.20. The first-order valence-electron chi connectivity index (χ1n) is 6.33. The molecule has 100 valence electrons. The molecule has 1 aliphatic heterocycles. The molecule has 4 nitrogen and oxygen atoms in total. The zero-order chi connectivity index (χ0) is 13.2. The van der Waals surface area contributed by atoms with E-state index in [0.717, 1.165) is 12.8 Å². The van der Waals surface area contributed by atoms with Crippen LogP contribution in [0.3, 0.4) is 0 Å². The topological polar surface area (TPSA) is 57.4 Å². The van der Waals surface area contributed by atoms with Crippen LogP contribution in [0.15, 0.2) is 24.4 Å². The van der Waals surface area contributed by atoms with Crippen LogP contribution in [0.5, 0.6) is 5.75 Å². The minimum Gasteiger partial charge on any atom is -0.485 e. The van der Waals surface area contributed by atoms with E-state index in [-0.39, 0.29) is 11.9 Å². The molecule has 0 atom stereocenters. The second-order valence-corrected chi connectivity index (χ2v) is 4.61. The van der Waals surface area contributed by atoms with E-state index in [2.05, 4.69) is 4.98 Å². The lowest BCUT2D eigenvalue weighted by Crippen LogP contribution is -2.26. The van der Waals surface area contributed by atoms with Gasteiger partial charge in [0.05, 0.1) is 13.2 Å². The molecular formula is C14H15FN2O2. The van der Waals surface area contributed by atoms with Crippen molar-refractivity contribution in [1.29, 1.82) is 0 Å². The Morgan fingerprint density at radius 3 is 2.95 bits per heavy atom. The van der Waals surface area contributed by atoms with Crippen LogP contribution in [0.2, 0.25) is 0 Å². The number of anilines is 1. The van der Waals surface area contributed by atoms with E-state index < -0.39 is 5.82 Å². The summed E-state index contributed by atoms with van der Waals surface area (Å²) in [6, 6.07) is 4.88. The molecule has 5 heteroatoms. The number of benzene rings is 1. The zero-order valence-corrected chi connectivity index (χ0v) is 10.4. The average molecular weight is 262 g/mol. The van der Waals surface area contributed by atoms with Gasteiger partial charge in [-0.15, -0.1) is 0 Å². The fraction of sp³-hybridized carbons (Fsp3) is 0.357. The monoisotopic (exact) mass is 262 g/mol. The number of nitrogens with two attached hydrogens (primary N) is 1. The third kappa shape index (κ3) is 2.33. The largest absolute Gasteiger partial charge is 0.485 e. The SMILES string of the molecule is Nc1cc(F)c(OC2CCOCC2)c2ncccc12. The molecule has 0 saturated carbocycles. The number of rotatable bonds is 2. The van der Waals surface area contributed by atoms with E-state index in [1.165, 1.54) is 6.07 Å². The van der Waals surface area contributed by atoms with Gasteiger partial charge >= 0.3 is 0 Å². The van der Waals surface area contributed by atoms with Crippen molar-refractivity contribution in [1.82, 2.24) is 4.98 Å². The molecule has 0 radical (unpaired) electrons. The van der Waals surface area contributed by atoms with Crippen LogP contribution in [0, 0.1) is 5.82 Å². The Kier molecular flexibility index (Phi) is 3.21. The van der Waals surface area contributed by atoms with Gasteiger partial charge in [0.15, 0.2) is 11.6 Å². The van der Waals surface area contributed by atoms with Crippen molar-refractivity contribution in [3.05, 3.63) is 30.2 Å². The Morgan fingerprint density at radius 1 is 1.37 bits per heavy atom. The van der Waals surface area contributed by atoms with Gasteiger partial charge in [0.25, 0.3) is 0 Å². The Bertz CT molecular complexity index is 597. The second-order valence-electron chi connectivity index (χ2n) is 4.61. The fourth-order valence-corrected chi connectivity index (χ4v) is 2.28. The van der Waals surface area contributed by atoms with E-state index in [0.29, 0.717) is 29.8 Å². The lowest BCUT2D eigenvalue weighted by atomic mass is 10.1. The number of aromatic nitrogens is 1. The van der Waals surface area contributed by atoms with Crippen LogP contribution in [0.25, 0.3) is 10.9 Å². The Balaban J connectivity index is 2.01. The highest BCUT2D eigenvalue weighted by Crippen LogP contribution is 2.33. The summed E-state index contributed by atoms with van der Waals surface area (Å²) in [5.41, 5.74) is 6.66. The second kappa shape index (κ2) is 5.01. The first-order valence-corrected chi connectivity index (χ1v) is 6.33. The van der Waals surface area contributed by atoms with Crippen molar-refractivity contribution in [2.24, 2.45) is 0 Å². The maximum atomic E-state index is 14.1. The molecule has 2 aromatic rings. The summed E-state index contributed by atoms with van der Waals surface area (Å²) in [5, 5.41) is 0.714. The molecule has 3 rings (SSSR count). The number of hydrogen-bond donors (Lipinski definition) is 1. The highest BCUT2D eigenvalue weighted by atomic mass is 19.1. The predicted molar refractivity (Wildman–Crippen MR) is 70.6 cm³/mol. The Morgan fingerprint density at radius 2 is 2.16 bits per heavy atom. The summed E-state index contributed by atoms with van der Waals surface area (Å²) >= 11 is 0. The van der Waals surface area contributed by atoms with Gasteiger partial charge in [0.1, 0.15) is 11.6 Å². The van der Waals surface area contributed by atoms with Crippen LogP contribution in [-0.2, 0) is 4.74 Å².